The quantitative estimate of drug-likeness (QED) is 0.483. The number of rotatable bonds is 5. The monoisotopic (exact) mass is 460 g/mol. The first-order valence-electron chi connectivity index (χ1n) is 10.2. The summed E-state index contributed by atoms with van der Waals surface area (Å²) >= 11 is 0. The van der Waals surface area contributed by atoms with E-state index in [1.54, 1.807) is 36.4 Å². The van der Waals surface area contributed by atoms with E-state index < -0.39 is 53.1 Å². The lowest BCUT2D eigenvalue weighted by Gasteiger charge is -2.45. The van der Waals surface area contributed by atoms with Gasteiger partial charge in [0.05, 0.1) is 27.6 Å². The van der Waals surface area contributed by atoms with Crippen LogP contribution in [0, 0.1) is 20.2 Å². The number of benzene rings is 2. The van der Waals surface area contributed by atoms with Gasteiger partial charge in [-0.3, -0.25) is 20.2 Å². The van der Waals surface area contributed by atoms with Crippen molar-refractivity contribution >= 4 is 11.4 Å². The summed E-state index contributed by atoms with van der Waals surface area (Å²) < 4.78 is 35.3. The second-order valence-corrected chi connectivity index (χ2v) is 7.71. The van der Waals surface area contributed by atoms with Crippen LogP contribution in [-0.2, 0) is 28.4 Å². The Bertz CT molecular complexity index is 1060. The molecule has 3 fully saturated rings. The molecule has 12 nitrogen and oxygen atoms in total. The number of nitro benzene ring substituents is 2. The first-order valence-corrected chi connectivity index (χ1v) is 10.2. The fourth-order valence-electron chi connectivity index (χ4n) is 4.36. The van der Waals surface area contributed by atoms with Crippen molar-refractivity contribution in [3.8, 4) is 0 Å². The molecule has 0 amide bonds. The smallest absolute Gasteiger partial charge is 0.277 e. The Labute approximate surface area is 187 Å². The van der Waals surface area contributed by atoms with Gasteiger partial charge in [0, 0.05) is 19.2 Å². The lowest BCUT2D eigenvalue weighted by atomic mass is 9.98. The molecule has 0 aliphatic carbocycles. The molecule has 0 aromatic heterocycles. The van der Waals surface area contributed by atoms with E-state index in [0.717, 1.165) is 0 Å². The fraction of sp³-hybridized carbons (Fsp3) is 0.429. The van der Waals surface area contributed by atoms with E-state index in [0.29, 0.717) is 0 Å². The highest BCUT2D eigenvalue weighted by Gasteiger charge is 2.57. The number of hydrogen-bond donors (Lipinski definition) is 0. The molecule has 0 radical (unpaired) electrons. The van der Waals surface area contributed by atoms with E-state index in [1.165, 1.54) is 19.2 Å². The van der Waals surface area contributed by atoms with E-state index in [2.05, 4.69) is 0 Å². The van der Waals surface area contributed by atoms with Crippen LogP contribution in [0.15, 0.2) is 48.5 Å². The molecule has 3 aliphatic heterocycles. The van der Waals surface area contributed by atoms with E-state index in [4.69, 9.17) is 28.4 Å². The molecule has 0 spiro atoms. The second kappa shape index (κ2) is 8.74. The zero-order valence-electron chi connectivity index (χ0n) is 17.3. The third kappa shape index (κ3) is 3.86. The molecule has 33 heavy (non-hydrogen) atoms. The molecule has 1 unspecified atom stereocenters. The molecule has 3 aliphatic rings. The molecule has 5 rings (SSSR count). The molecule has 174 valence electrons. The van der Waals surface area contributed by atoms with Gasteiger partial charge in [-0.15, -0.1) is 0 Å². The van der Waals surface area contributed by atoms with Gasteiger partial charge in [0.2, 0.25) is 0 Å². The molecule has 0 saturated carbocycles. The van der Waals surface area contributed by atoms with Gasteiger partial charge < -0.3 is 28.4 Å². The van der Waals surface area contributed by atoms with E-state index >= 15 is 0 Å². The van der Waals surface area contributed by atoms with Crippen LogP contribution in [0.4, 0.5) is 11.4 Å². The minimum Gasteiger partial charge on any atom is -0.353 e. The summed E-state index contributed by atoms with van der Waals surface area (Å²) in [5, 5.41) is 22.9. The minimum atomic E-state index is -1.04. The zero-order valence-corrected chi connectivity index (χ0v) is 17.3. The first kappa shape index (κ1) is 21.8. The van der Waals surface area contributed by atoms with E-state index in [1.807, 2.05) is 0 Å². The average molecular weight is 460 g/mol. The van der Waals surface area contributed by atoms with Crippen LogP contribution in [0.2, 0.25) is 0 Å². The van der Waals surface area contributed by atoms with Gasteiger partial charge in [-0.1, -0.05) is 24.3 Å². The van der Waals surface area contributed by atoms with Crippen LogP contribution < -0.4 is 0 Å². The number of para-hydroxylation sites is 2. The summed E-state index contributed by atoms with van der Waals surface area (Å²) in [6, 6.07) is 12.3. The molecule has 3 heterocycles. The third-order valence-electron chi connectivity index (χ3n) is 5.85. The summed E-state index contributed by atoms with van der Waals surface area (Å²) in [5.74, 6) is 0. The highest BCUT2D eigenvalue weighted by molar-refractivity contribution is 5.42. The van der Waals surface area contributed by atoms with Crippen LogP contribution in [0.1, 0.15) is 23.7 Å². The van der Waals surface area contributed by atoms with Crippen molar-refractivity contribution in [1.82, 2.24) is 0 Å². The second-order valence-electron chi connectivity index (χ2n) is 7.71. The molecule has 2 aromatic rings. The topological polar surface area (TPSA) is 142 Å². The Hall–Kier alpha value is -3.00. The molecule has 3 saturated heterocycles. The Morgan fingerprint density at radius 1 is 0.788 bits per heavy atom. The fourth-order valence-corrected chi connectivity index (χ4v) is 4.36. The SMILES string of the molecule is CO[C@H]1O[C@@H]2COC(c3ccccc3[N+](=O)[O-])O[C@H]2[C@@H]2O[C@H](c3ccccc3[N+](=O)[O-])O[C@H]12. The van der Waals surface area contributed by atoms with Crippen molar-refractivity contribution in [3.63, 3.8) is 0 Å². The summed E-state index contributed by atoms with van der Waals surface area (Å²) in [6.07, 6.45) is -5.66. The lowest BCUT2D eigenvalue weighted by Crippen LogP contribution is -2.61. The highest BCUT2D eigenvalue weighted by Crippen LogP contribution is 2.45. The number of ether oxygens (including phenoxy) is 6. The number of nitro groups is 2. The predicted octanol–water partition coefficient (Wildman–Crippen LogP) is 2.77. The van der Waals surface area contributed by atoms with Gasteiger partial charge in [0.25, 0.3) is 11.4 Å². The van der Waals surface area contributed by atoms with E-state index in [-0.39, 0.29) is 29.1 Å². The zero-order chi connectivity index (χ0) is 23.1. The minimum absolute atomic E-state index is 0.0734. The van der Waals surface area contributed by atoms with Gasteiger partial charge >= 0.3 is 0 Å². The molecule has 0 bridgehead atoms. The van der Waals surface area contributed by atoms with Gasteiger partial charge in [-0.25, -0.2) is 0 Å². The van der Waals surface area contributed by atoms with Gasteiger partial charge in [0.15, 0.2) is 18.9 Å². The van der Waals surface area contributed by atoms with Gasteiger partial charge in [-0.05, 0) is 12.1 Å². The Kier molecular flexibility index (Phi) is 5.78. The van der Waals surface area contributed by atoms with Crippen molar-refractivity contribution in [2.45, 2.75) is 43.3 Å². The Morgan fingerprint density at radius 3 is 1.94 bits per heavy atom. The summed E-state index contributed by atoms with van der Waals surface area (Å²) in [6.45, 7) is 0.0734. The van der Waals surface area contributed by atoms with Crippen molar-refractivity contribution in [2.75, 3.05) is 13.7 Å². The average Bonchev–Trinajstić information content (AvgIpc) is 3.29. The molecule has 7 atom stereocenters. The molecule has 0 N–H and O–H groups in total. The number of fused-ring (bicyclic) bond motifs is 3. The van der Waals surface area contributed by atoms with Crippen LogP contribution in [0.5, 0.6) is 0 Å². The largest absolute Gasteiger partial charge is 0.353 e. The summed E-state index contributed by atoms with van der Waals surface area (Å²) in [4.78, 5) is 21.9. The number of nitrogens with zero attached hydrogens (tertiary/aromatic N) is 2. The Balaban J connectivity index is 1.43. The summed E-state index contributed by atoms with van der Waals surface area (Å²) in [5.41, 5.74) is 0.245. The van der Waals surface area contributed by atoms with Gasteiger partial charge in [0.1, 0.15) is 24.4 Å². The van der Waals surface area contributed by atoms with E-state index in [9.17, 15) is 20.2 Å². The lowest BCUT2D eigenvalue weighted by molar-refractivity contribution is -0.390. The molecule has 2 aromatic carbocycles. The van der Waals surface area contributed by atoms with Crippen molar-refractivity contribution < 1.29 is 38.3 Å². The Morgan fingerprint density at radius 2 is 1.33 bits per heavy atom. The maximum Gasteiger partial charge on any atom is 0.277 e. The van der Waals surface area contributed by atoms with Crippen molar-refractivity contribution in [2.24, 2.45) is 0 Å². The third-order valence-corrected chi connectivity index (χ3v) is 5.85. The highest BCUT2D eigenvalue weighted by atomic mass is 16.8. The predicted molar refractivity (Wildman–Crippen MR) is 108 cm³/mol. The van der Waals surface area contributed by atoms with Crippen molar-refractivity contribution in [1.29, 1.82) is 0 Å². The van der Waals surface area contributed by atoms with Crippen LogP contribution >= 0.6 is 0 Å². The molecular weight excluding hydrogens is 440 g/mol. The van der Waals surface area contributed by atoms with Crippen LogP contribution in [-0.4, -0.2) is 54.3 Å². The molecule has 12 heteroatoms. The standard InChI is InChI=1S/C21H20N2O10/c1-28-21-18-17(32-20(33-18)12-7-3-5-9-14(12)23(26)27)16-15(30-21)10-29-19(31-16)11-6-2-4-8-13(11)22(24)25/h2-9,15-21H,10H2,1H3/t15-,16-,17+,18+,19?,20+,21+/m1/s1. The number of hydrogen-bond acceptors (Lipinski definition) is 10. The molecular formula is C21H20N2O10. The maximum atomic E-state index is 11.5. The van der Waals surface area contributed by atoms with Crippen LogP contribution in [0.25, 0.3) is 0 Å². The summed E-state index contributed by atoms with van der Waals surface area (Å²) in [7, 11) is 1.45. The normalized spacial score (nSPS) is 33.2. The number of methoxy groups -OCH3 is 1. The van der Waals surface area contributed by atoms with Crippen molar-refractivity contribution in [3.05, 3.63) is 79.9 Å². The van der Waals surface area contributed by atoms with Crippen LogP contribution in [0.3, 0.4) is 0 Å². The maximum absolute atomic E-state index is 11.5. The van der Waals surface area contributed by atoms with Gasteiger partial charge in [-0.2, -0.15) is 0 Å². The first-order chi connectivity index (χ1) is 16.0.